The number of halogens is 1. The van der Waals surface area contributed by atoms with Crippen LogP contribution in [0.1, 0.15) is 25.7 Å². The monoisotopic (exact) mass is 362 g/mol. The first kappa shape index (κ1) is 15.8. The summed E-state index contributed by atoms with van der Waals surface area (Å²) in [6.45, 7) is 1.16. The Hall–Kier alpha value is -0.630. The zero-order valence-electron chi connectivity index (χ0n) is 11.1. The summed E-state index contributed by atoms with van der Waals surface area (Å²) in [5.41, 5.74) is 6.13. The molecule has 0 spiro atoms. The van der Waals surface area contributed by atoms with E-state index in [2.05, 4.69) is 20.7 Å². The lowest BCUT2D eigenvalue weighted by Crippen LogP contribution is -2.29. The van der Waals surface area contributed by atoms with Gasteiger partial charge in [0.05, 0.1) is 11.0 Å². The van der Waals surface area contributed by atoms with Crippen LogP contribution < -0.4 is 10.5 Å². The van der Waals surface area contributed by atoms with Gasteiger partial charge in [0.15, 0.2) is 0 Å². The van der Waals surface area contributed by atoms with Crippen LogP contribution in [0.5, 0.6) is 0 Å². The molecule has 0 radical (unpaired) electrons. The number of nitrogens with one attached hydrogen (secondary N) is 1. The minimum Gasteiger partial charge on any atom is -0.399 e. The summed E-state index contributed by atoms with van der Waals surface area (Å²) in [7, 11) is -3.52. The van der Waals surface area contributed by atoms with Crippen LogP contribution in [0.4, 0.5) is 5.69 Å². The van der Waals surface area contributed by atoms with Crippen molar-refractivity contribution in [2.75, 3.05) is 18.9 Å². The van der Waals surface area contributed by atoms with Gasteiger partial charge in [0, 0.05) is 23.3 Å². The molecule has 1 heterocycles. The molecule has 1 atom stereocenters. The van der Waals surface area contributed by atoms with E-state index in [1.807, 2.05) is 0 Å². The highest BCUT2D eigenvalue weighted by atomic mass is 79.9. The zero-order chi connectivity index (χ0) is 14.6. The number of rotatable bonds is 5. The van der Waals surface area contributed by atoms with Crippen molar-refractivity contribution in [3.63, 3.8) is 0 Å². The Kier molecular flexibility index (Phi) is 5.42. The summed E-state index contributed by atoms with van der Waals surface area (Å²) >= 11 is 3.23. The highest BCUT2D eigenvalue weighted by Gasteiger charge is 2.19. The Bertz CT molecular complexity index is 557. The van der Waals surface area contributed by atoms with Gasteiger partial charge in [0.25, 0.3) is 0 Å². The van der Waals surface area contributed by atoms with Gasteiger partial charge in [-0.3, -0.25) is 0 Å². The predicted octanol–water partition coefficient (Wildman–Crippen LogP) is 2.27. The molecule has 2 rings (SSSR count). The lowest BCUT2D eigenvalue weighted by molar-refractivity contribution is 0.0123. The van der Waals surface area contributed by atoms with Crippen molar-refractivity contribution in [3.05, 3.63) is 22.7 Å². The summed E-state index contributed by atoms with van der Waals surface area (Å²) in [6.07, 6.45) is 4.13. The van der Waals surface area contributed by atoms with Crippen LogP contribution >= 0.6 is 15.9 Å². The molecule has 1 unspecified atom stereocenters. The average molecular weight is 363 g/mol. The van der Waals surface area contributed by atoms with Gasteiger partial charge in [-0.05, 0) is 59.8 Å². The van der Waals surface area contributed by atoms with E-state index in [0.717, 1.165) is 25.9 Å². The fourth-order valence-electron chi connectivity index (χ4n) is 2.20. The molecular formula is C13H19BrN2O3S. The zero-order valence-corrected chi connectivity index (χ0v) is 13.5. The lowest BCUT2D eigenvalue weighted by Gasteiger charge is -2.22. The van der Waals surface area contributed by atoms with Crippen molar-refractivity contribution < 1.29 is 13.2 Å². The summed E-state index contributed by atoms with van der Waals surface area (Å²) in [5, 5.41) is 0. The molecule has 0 amide bonds. The Balaban J connectivity index is 1.93. The highest BCUT2D eigenvalue weighted by molar-refractivity contribution is 9.10. The van der Waals surface area contributed by atoms with E-state index in [0.29, 0.717) is 23.1 Å². The van der Waals surface area contributed by atoms with E-state index >= 15 is 0 Å². The molecule has 5 nitrogen and oxygen atoms in total. The molecular weight excluding hydrogens is 344 g/mol. The third-order valence-corrected chi connectivity index (χ3v) is 5.72. The topological polar surface area (TPSA) is 81.4 Å². The van der Waals surface area contributed by atoms with Crippen LogP contribution in [-0.4, -0.2) is 27.7 Å². The number of nitrogen functional groups attached to an aromatic ring is 1. The first-order valence-electron chi connectivity index (χ1n) is 6.65. The molecule has 1 saturated heterocycles. The van der Waals surface area contributed by atoms with Crippen molar-refractivity contribution in [2.45, 2.75) is 36.7 Å². The minimum atomic E-state index is -3.52. The number of hydrogen-bond donors (Lipinski definition) is 2. The molecule has 0 bridgehead atoms. The molecule has 0 aliphatic carbocycles. The van der Waals surface area contributed by atoms with Gasteiger partial charge in [-0.1, -0.05) is 0 Å². The van der Waals surface area contributed by atoms with Crippen molar-refractivity contribution in [1.82, 2.24) is 4.72 Å². The van der Waals surface area contributed by atoms with Crippen LogP contribution in [-0.2, 0) is 14.8 Å². The Morgan fingerprint density at radius 3 is 2.85 bits per heavy atom. The molecule has 112 valence electrons. The number of anilines is 1. The van der Waals surface area contributed by atoms with Crippen LogP contribution in [0, 0.1) is 0 Å². The fourth-order valence-corrected chi connectivity index (χ4v) is 4.34. The van der Waals surface area contributed by atoms with E-state index < -0.39 is 10.0 Å². The number of sulfonamides is 1. The molecule has 1 aliphatic heterocycles. The molecule has 1 aromatic carbocycles. The minimum absolute atomic E-state index is 0.168. The van der Waals surface area contributed by atoms with E-state index in [1.54, 1.807) is 12.1 Å². The highest BCUT2D eigenvalue weighted by Crippen LogP contribution is 2.24. The van der Waals surface area contributed by atoms with Gasteiger partial charge in [-0.2, -0.15) is 0 Å². The van der Waals surface area contributed by atoms with Gasteiger partial charge in [0.1, 0.15) is 0 Å². The summed E-state index contributed by atoms with van der Waals surface area (Å²) < 4.78 is 33.0. The van der Waals surface area contributed by atoms with Crippen molar-refractivity contribution in [3.8, 4) is 0 Å². The molecule has 0 aromatic heterocycles. The van der Waals surface area contributed by atoms with E-state index in [-0.39, 0.29) is 11.0 Å². The number of benzene rings is 1. The number of hydrogen-bond acceptors (Lipinski definition) is 4. The first-order valence-corrected chi connectivity index (χ1v) is 8.93. The smallest absolute Gasteiger partial charge is 0.241 e. The second-order valence-electron chi connectivity index (χ2n) is 4.86. The van der Waals surface area contributed by atoms with Gasteiger partial charge in [-0.25, -0.2) is 13.1 Å². The molecule has 1 fully saturated rings. The maximum Gasteiger partial charge on any atom is 0.241 e. The van der Waals surface area contributed by atoms with Crippen LogP contribution in [0.2, 0.25) is 0 Å². The average Bonchev–Trinajstić information content (AvgIpc) is 2.39. The summed E-state index contributed by atoms with van der Waals surface area (Å²) in [4.78, 5) is 0.205. The van der Waals surface area contributed by atoms with Gasteiger partial charge < -0.3 is 10.5 Å². The molecule has 3 N–H and O–H groups in total. The van der Waals surface area contributed by atoms with Crippen LogP contribution in [0.3, 0.4) is 0 Å². The van der Waals surface area contributed by atoms with Crippen molar-refractivity contribution in [2.24, 2.45) is 0 Å². The Labute approximate surface area is 128 Å². The fraction of sp³-hybridized carbons (Fsp3) is 0.538. The molecule has 1 aliphatic rings. The van der Waals surface area contributed by atoms with E-state index in [9.17, 15) is 8.42 Å². The van der Waals surface area contributed by atoms with Gasteiger partial charge in [0.2, 0.25) is 10.0 Å². The number of nitrogens with two attached hydrogens (primary N) is 1. The maximum absolute atomic E-state index is 12.2. The molecule has 0 saturated carbocycles. The summed E-state index contributed by atoms with van der Waals surface area (Å²) in [5.74, 6) is 0. The third-order valence-electron chi connectivity index (χ3n) is 3.28. The Morgan fingerprint density at radius 2 is 2.20 bits per heavy atom. The molecule has 1 aromatic rings. The molecule has 7 heteroatoms. The van der Waals surface area contributed by atoms with Crippen molar-refractivity contribution >= 4 is 31.6 Å². The van der Waals surface area contributed by atoms with E-state index in [4.69, 9.17) is 10.5 Å². The van der Waals surface area contributed by atoms with Gasteiger partial charge >= 0.3 is 0 Å². The van der Waals surface area contributed by atoms with Crippen LogP contribution in [0.25, 0.3) is 0 Å². The predicted molar refractivity (Wildman–Crippen MR) is 82.0 cm³/mol. The van der Waals surface area contributed by atoms with Crippen molar-refractivity contribution in [1.29, 1.82) is 0 Å². The largest absolute Gasteiger partial charge is 0.399 e. The van der Waals surface area contributed by atoms with E-state index in [1.165, 1.54) is 6.07 Å². The third kappa shape index (κ3) is 4.18. The lowest BCUT2D eigenvalue weighted by atomic mass is 10.1. The SMILES string of the molecule is Nc1ccc(S(=O)(=O)NCCC2CCCCO2)c(Br)c1. The maximum atomic E-state index is 12.2. The Morgan fingerprint density at radius 1 is 1.40 bits per heavy atom. The quantitative estimate of drug-likeness (QED) is 0.787. The normalized spacial score (nSPS) is 19.9. The molecule has 20 heavy (non-hydrogen) atoms. The van der Waals surface area contributed by atoms with Gasteiger partial charge in [-0.15, -0.1) is 0 Å². The second-order valence-corrected chi connectivity index (χ2v) is 7.45. The first-order chi connectivity index (χ1) is 9.49. The summed E-state index contributed by atoms with van der Waals surface area (Å²) in [6, 6.07) is 4.65. The number of ether oxygens (including phenoxy) is 1. The second kappa shape index (κ2) is 6.89. The van der Waals surface area contributed by atoms with Crippen LogP contribution in [0.15, 0.2) is 27.6 Å². The standard InChI is InChI=1S/C13H19BrN2O3S/c14-12-9-10(15)4-5-13(12)20(17,18)16-7-6-11-3-1-2-8-19-11/h4-5,9,11,16H,1-3,6-8,15H2.